The number of carbonyl (C=O) groups is 1. The molecule has 0 aromatic rings. The number of ether oxygens (including phenoxy) is 2. The van der Waals surface area contributed by atoms with E-state index in [1.54, 1.807) is 0 Å². The van der Waals surface area contributed by atoms with Crippen LogP contribution >= 0.6 is 0 Å². The van der Waals surface area contributed by atoms with E-state index in [4.69, 9.17) is 9.47 Å². The van der Waals surface area contributed by atoms with Crippen molar-refractivity contribution >= 4 is 16.0 Å². The molecule has 2 atom stereocenters. The highest BCUT2D eigenvalue weighted by Crippen LogP contribution is 2.34. The Bertz CT molecular complexity index is 420. The van der Waals surface area contributed by atoms with Gasteiger partial charge in [-0.15, -0.1) is 0 Å². The molecule has 0 spiro atoms. The van der Waals surface area contributed by atoms with Crippen LogP contribution in [0, 0.1) is 5.92 Å². The summed E-state index contributed by atoms with van der Waals surface area (Å²) in [5, 5.41) is -0.672. The van der Waals surface area contributed by atoms with Crippen LogP contribution in [0.3, 0.4) is 0 Å². The maximum atomic E-state index is 12.8. The average Bonchev–Trinajstić information content (AvgIpc) is 2.87. The lowest BCUT2D eigenvalue weighted by Crippen LogP contribution is -2.46. The van der Waals surface area contributed by atoms with Crippen LogP contribution in [-0.2, 0) is 24.3 Å². The lowest BCUT2D eigenvalue weighted by Gasteiger charge is -2.30. The van der Waals surface area contributed by atoms with E-state index in [0.717, 1.165) is 6.42 Å². The first-order chi connectivity index (χ1) is 9.36. The van der Waals surface area contributed by atoms with E-state index in [1.807, 2.05) is 13.8 Å². The van der Waals surface area contributed by atoms with Crippen molar-refractivity contribution in [2.75, 3.05) is 27.4 Å². The summed E-state index contributed by atoms with van der Waals surface area (Å²) in [7, 11) is -0.683. The fraction of sp³-hybridized carbons (Fsp3) is 0.923. The molecule has 1 aliphatic rings. The van der Waals surface area contributed by atoms with E-state index in [-0.39, 0.29) is 6.04 Å². The third kappa shape index (κ3) is 3.71. The third-order valence-corrected chi connectivity index (χ3v) is 6.35. The average molecular weight is 307 g/mol. The zero-order valence-corrected chi connectivity index (χ0v) is 13.5. The number of rotatable bonds is 7. The fourth-order valence-corrected chi connectivity index (χ4v) is 5.13. The highest BCUT2D eigenvalue weighted by molar-refractivity contribution is 7.89. The maximum Gasteiger partial charge on any atom is 0.310 e. The second-order valence-corrected chi connectivity index (χ2v) is 7.45. The molecular formula is C13H25NO5S. The largest absolute Gasteiger partial charge is 0.469 e. The van der Waals surface area contributed by atoms with Gasteiger partial charge in [0.1, 0.15) is 0 Å². The highest BCUT2D eigenvalue weighted by Gasteiger charge is 2.45. The van der Waals surface area contributed by atoms with Crippen molar-refractivity contribution in [1.29, 1.82) is 0 Å². The summed E-state index contributed by atoms with van der Waals surface area (Å²) in [5.74, 6) is -0.972. The number of nitrogens with zero attached hydrogens (tertiary/aromatic N) is 1. The summed E-state index contributed by atoms with van der Waals surface area (Å²) in [6.45, 7) is 4.30. The molecule has 6 nitrogen and oxygen atoms in total. The first kappa shape index (κ1) is 17.4. The van der Waals surface area contributed by atoms with E-state index < -0.39 is 27.2 Å². The van der Waals surface area contributed by atoms with Gasteiger partial charge in [-0.05, 0) is 26.7 Å². The van der Waals surface area contributed by atoms with Crippen LogP contribution in [-0.4, -0.2) is 57.4 Å². The minimum absolute atomic E-state index is 0.158. The predicted octanol–water partition coefficient (Wildman–Crippen LogP) is 1.01. The van der Waals surface area contributed by atoms with Crippen molar-refractivity contribution in [1.82, 2.24) is 4.31 Å². The van der Waals surface area contributed by atoms with Crippen LogP contribution in [0.2, 0.25) is 0 Å². The van der Waals surface area contributed by atoms with Gasteiger partial charge in [-0.2, -0.15) is 4.31 Å². The second-order valence-electron chi connectivity index (χ2n) is 5.34. The summed E-state index contributed by atoms with van der Waals surface area (Å²) in [4.78, 5) is 11.7. The topological polar surface area (TPSA) is 72.9 Å². The van der Waals surface area contributed by atoms with Crippen molar-refractivity contribution in [3.8, 4) is 0 Å². The molecule has 7 heteroatoms. The highest BCUT2D eigenvalue weighted by atomic mass is 32.2. The van der Waals surface area contributed by atoms with Crippen LogP contribution < -0.4 is 0 Å². The zero-order valence-electron chi connectivity index (χ0n) is 12.7. The minimum Gasteiger partial charge on any atom is -0.469 e. The Morgan fingerprint density at radius 2 is 1.95 bits per heavy atom. The Morgan fingerprint density at radius 3 is 2.45 bits per heavy atom. The molecule has 0 saturated heterocycles. The summed E-state index contributed by atoms with van der Waals surface area (Å²) in [6, 6.07) is -0.158. The molecule has 0 bridgehead atoms. The molecule has 0 amide bonds. The summed E-state index contributed by atoms with van der Waals surface area (Å²) >= 11 is 0. The molecule has 1 saturated carbocycles. The molecule has 1 rings (SSSR count). The van der Waals surface area contributed by atoms with Gasteiger partial charge >= 0.3 is 5.97 Å². The van der Waals surface area contributed by atoms with Gasteiger partial charge in [0.25, 0.3) is 0 Å². The molecule has 0 heterocycles. The summed E-state index contributed by atoms with van der Waals surface area (Å²) in [5.41, 5.74) is 0. The van der Waals surface area contributed by atoms with Crippen LogP contribution in [0.25, 0.3) is 0 Å². The van der Waals surface area contributed by atoms with Crippen molar-refractivity contribution in [2.45, 2.75) is 44.4 Å². The molecule has 0 N–H and O–H groups in total. The molecule has 118 valence electrons. The van der Waals surface area contributed by atoms with Gasteiger partial charge in [0.15, 0.2) is 0 Å². The SMILES string of the molecule is COCCN(C(C)C)S(=O)(=O)C1CCCC1C(=O)OC. The Morgan fingerprint density at radius 1 is 1.30 bits per heavy atom. The van der Waals surface area contributed by atoms with Crippen LogP contribution in [0.15, 0.2) is 0 Å². The standard InChI is InChI=1S/C13H25NO5S/c1-10(2)14(8-9-18-3)20(16,17)12-7-5-6-11(12)13(15)19-4/h10-12H,5-9H2,1-4H3. The maximum absolute atomic E-state index is 12.8. The van der Waals surface area contributed by atoms with Crippen molar-refractivity contribution in [3.05, 3.63) is 0 Å². The molecule has 0 radical (unpaired) electrons. The molecule has 1 aliphatic carbocycles. The quantitative estimate of drug-likeness (QED) is 0.656. The van der Waals surface area contributed by atoms with Crippen LogP contribution in [0.5, 0.6) is 0 Å². The van der Waals surface area contributed by atoms with E-state index >= 15 is 0 Å². The van der Waals surface area contributed by atoms with Gasteiger partial charge < -0.3 is 9.47 Å². The Hall–Kier alpha value is -0.660. The van der Waals surface area contributed by atoms with Crippen molar-refractivity contribution in [2.24, 2.45) is 5.92 Å². The van der Waals surface area contributed by atoms with Gasteiger partial charge in [-0.25, -0.2) is 8.42 Å². The van der Waals surface area contributed by atoms with E-state index in [0.29, 0.717) is 26.0 Å². The van der Waals surface area contributed by atoms with Gasteiger partial charge in [0.2, 0.25) is 10.0 Å². The van der Waals surface area contributed by atoms with Gasteiger partial charge in [0.05, 0.1) is 24.9 Å². The van der Waals surface area contributed by atoms with Gasteiger partial charge in [0, 0.05) is 19.7 Å². The lowest BCUT2D eigenvalue weighted by molar-refractivity contribution is -0.145. The van der Waals surface area contributed by atoms with E-state index in [1.165, 1.54) is 18.5 Å². The molecule has 2 unspecified atom stereocenters. The van der Waals surface area contributed by atoms with E-state index in [9.17, 15) is 13.2 Å². The minimum atomic E-state index is -3.52. The molecule has 1 fully saturated rings. The number of carbonyl (C=O) groups excluding carboxylic acids is 1. The number of hydrogen-bond donors (Lipinski definition) is 0. The number of methoxy groups -OCH3 is 2. The Kier molecular flexibility index (Phi) is 6.42. The first-order valence-electron chi connectivity index (χ1n) is 6.93. The third-order valence-electron chi connectivity index (χ3n) is 3.76. The molecule has 0 aromatic carbocycles. The number of sulfonamides is 1. The number of esters is 1. The monoisotopic (exact) mass is 307 g/mol. The fourth-order valence-electron chi connectivity index (χ4n) is 2.74. The predicted molar refractivity (Wildman–Crippen MR) is 75.8 cm³/mol. The van der Waals surface area contributed by atoms with Gasteiger partial charge in [-0.1, -0.05) is 6.42 Å². The van der Waals surface area contributed by atoms with Crippen molar-refractivity contribution < 1.29 is 22.7 Å². The Labute approximate surface area is 121 Å². The Balaban J connectivity index is 2.97. The second kappa shape index (κ2) is 7.38. The van der Waals surface area contributed by atoms with Crippen molar-refractivity contribution in [3.63, 3.8) is 0 Å². The summed E-state index contributed by atoms with van der Waals surface area (Å²) < 4.78 is 36.7. The lowest BCUT2D eigenvalue weighted by atomic mass is 10.1. The number of hydrogen-bond acceptors (Lipinski definition) is 5. The van der Waals surface area contributed by atoms with Gasteiger partial charge in [-0.3, -0.25) is 4.79 Å². The normalized spacial score (nSPS) is 23.5. The van der Waals surface area contributed by atoms with Crippen LogP contribution in [0.1, 0.15) is 33.1 Å². The molecule has 0 aromatic heterocycles. The molecular weight excluding hydrogens is 282 g/mol. The molecule has 20 heavy (non-hydrogen) atoms. The smallest absolute Gasteiger partial charge is 0.310 e. The van der Waals surface area contributed by atoms with E-state index in [2.05, 4.69) is 0 Å². The van der Waals surface area contributed by atoms with Crippen LogP contribution in [0.4, 0.5) is 0 Å². The zero-order chi connectivity index (χ0) is 15.3. The first-order valence-corrected chi connectivity index (χ1v) is 8.44. The molecule has 0 aliphatic heterocycles. The summed E-state index contributed by atoms with van der Waals surface area (Å²) in [6.07, 6.45) is 1.82.